The lowest BCUT2D eigenvalue weighted by Gasteiger charge is -2.08. The van der Waals surface area contributed by atoms with E-state index in [2.05, 4.69) is 0 Å². The fourth-order valence-electron chi connectivity index (χ4n) is 1.72. The monoisotopic (exact) mass is 271 g/mol. The molecule has 0 aliphatic heterocycles. The smallest absolute Gasteiger partial charge is 0.339 e. The molecule has 0 amide bonds. The van der Waals surface area contributed by atoms with Crippen LogP contribution in [0.1, 0.15) is 26.3 Å². The molecule has 2 aromatic rings. The maximum Gasteiger partial charge on any atom is 0.339 e. The van der Waals surface area contributed by atoms with Gasteiger partial charge in [0.05, 0.1) is 11.1 Å². The Bertz CT molecular complexity index is 638. The summed E-state index contributed by atoms with van der Waals surface area (Å²) in [4.78, 5) is 23.0. The number of carboxylic acid groups (broad SMARTS) is 1. The molecule has 0 aromatic heterocycles. The third-order valence-corrected chi connectivity index (χ3v) is 2.71. The highest BCUT2D eigenvalue weighted by molar-refractivity contribution is 6.03. The Morgan fingerprint density at radius 2 is 1.75 bits per heavy atom. The van der Waals surface area contributed by atoms with E-state index in [9.17, 15) is 9.59 Å². The number of esters is 1. The standard InChI is InChI=1S/C15H13NO4/c16-11-6-7-12(14(17)18)13(8-11)15(19)20-9-10-4-2-1-3-5-10/h1-8H,9,16H2,(H,17,18). The van der Waals surface area contributed by atoms with E-state index in [1.165, 1.54) is 18.2 Å². The summed E-state index contributed by atoms with van der Waals surface area (Å²) < 4.78 is 5.10. The van der Waals surface area contributed by atoms with Gasteiger partial charge in [-0.25, -0.2) is 9.59 Å². The van der Waals surface area contributed by atoms with Crippen molar-refractivity contribution in [2.75, 3.05) is 5.73 Å². The van der Waals surface area contributed by atoms with Crippen LogP contribution in [-0.4, -0.2) is 17.0 Å². The quantitative estimate of drug-likeness (QED) is 0.658. The van der Waals surface area contributed by atoms with Crippen molar-refractivity contribution >= 4 is 17.6 Å². The summed E-state index contributed by atoms with van der Waals surface area (Å²) in [5.74, 6) is -1.91. The first-order valence-electron chi connectivity index (χ1n) is 5.92. The molecule has 0 radical (unpaired) electrons. The van der Waals surface area contributed by atoms with Gasteiger partial charge >= 0.3 is 11.9 Å². The van der Waals surface area contributed by atoms with Gasteiger partial charge in [-0.15, -0.1) is 0 Å². The van der Waals surface area contributed by atoms with E-state index in [0.717, 1.165) is 5.56 Å². The summed E-state index contributed by atoms with van der Waals surface area (Å²) >= 11 is 0. The van der Waals surface area contributed by atoms with Gasteiger partial charge in [-0.05, 0) is 23.8 Å². The van der Waals surface area contributed by atoms with Gasteiger partial charge in [0.1, 0.15) is 6.61 Å². The van der Waals surface area contributed by atoms with Crippen molar-refractivity contribution in [2.24, 2.45) is 0 Å². The minimum atomic E-state index is -1.20. The summed E-state index contributed by atoms with van der Waals surface area (Å²) in [6, 6.07) is 13.1. The van der Waals surface area contributed by atoms with E-state index in [1.807, 2.05) is 30.3 Å². The first kappa shape index (κ1) is 13.6. The number of carboxylic acids is 1. The molecule has 0 spiro atoms. The third kappa shape index (κ3) is 3.14. The van der Waals surface area contributed by atoms with Crippen molar-refractivity contribution < 1.29 is 19.4 Å². The second-order valence-corrected chi connectivity index (χ2v) is 4.17. The van der Waals surface area contributed by atoms with Gasteiger partial charge in [0.25, 0.3) is 0 Å². The first-order chi connectivity index (χ1) is 9.58. The van der Waals surface area contributed by atoms with E-state index in [-0.39, 0.29) is 17.7 Å². The average molecular weight is 271 g/mol. The zero-order valence-electron chi connectivity index (χ0n) is 10.6. The van der Waals surface area contributed by atoms with Gasteiger partial charge < -0.3 is 15.6 Å². The van der Waals surface area contributed by atoms with Crippen molar-refractivity contribution in [1.29, 1.82) is 0 Å². The van der Waals surface area contributed by atoms with E-state index in [1.54, 1.807) is 0 Å². The van der Waals surface area contributed by atoms with Crippen LogP contribution in [0.25, 0.3) is 0 Å². The molecule has 2 aromatic carbocycles. The van der Waals surface area contributed by atoms with Crippen LogP contribution in [0.5, 0.6) is 0 Å². The predicted molar refractivity (Wildman–Crippen MR) is 73.4 cm³/mol. The Hall–Kier alpha value is -2.82. The van der Waals surface area contributed by atoms with E-state index >= 15 is 0 Å². The lowest BCUT2D eigenvalue weighted by Crippen LogP contribution is -2.12. The van der Waals surface area contributed by atoms with Crippen molar-refractivity contribution in [3.05, 3.63) is 65.2 Å². The maximum atomic E-state index is 12.0. The van der Waals surface area contributed by atoms with Gasteiger partial charge in [0.2, 0.25) is 0 Å². The number of carbonyl (C=O) groups excluding carboxylic acids is 1. The minimum Gasteiger partial charge on any atom is -0.478 e. The number of benzene rings is 2. The van der Waals surface area contributed by atoms with Crippen LogP contribution < -0.4 is 5.73 Å². The first-order valence-corrected chi connectivity index (χ1v) is 5.92. The van der Waals surface area contributed by atoms with Crippen LogP contribution in [0.3, 0.4) is 0 Å². The van der Waals surface area contributed by atoms with Crippen molar-refractivity contribution in [3.63, 3.8) is 0 Å². The highest BCUT2D eigenvalue weighted by Crippen LogP contribution is 2.16. The number of anilines is 1. The van der Waals surface area contributed by atoms with Crippen molar-refractivity contribution in [1.82, 2.24) is 0 Å². The molecule has 102 valence electrons. The average Bonchev–Trinajstić information content (AvgIpc) is 2.45. The SMILES string of the molecule is Nc1ccc(C(=O)O)c(C(=O)OCc2ccccc2)c1. The molecule has 0 fully saturated rings. The van der Waals surface area contributed by atoms with Crippen LogP contribution >= 0.6 is 0 Å². The Morgan fingerprint density at radius 1 is 1.05 bits per heavy atom. The Morgan fingerprint density at radius 3 is 2.40 bits per heavy atom. The van der Waals surface area contributed by atoms with Crippen LogP contribution in [0, 0.1) is 0 Å². The number of ether oxygens (including phenoxy) is 1. The van der Waals surface area contributed by atoms with E-state index < -0.39 is 11.9 Å². The van der Waals surface area contributed by atoms with E-state index in [4.69, 9.17) is 15.6 Å². The Kier molecular flexibility index (Phi) is 4.00. The van der Waals surface area contributed by atoms with Gasteiger partial charge in [-0.2, -0.15) is 0 Å². The number of aromatic carboxylic acids is 1. The molecule has 0 saturated carbocycles. The van der Waals surface area contributed by atoms with Gasteiger partial charge in [-0.1, -0.05) is 30.3 Å². The lowest BCUT2D eigenvalue weighted by atomic mass is 10.1. The molecule has 0 saturated heterocycles. The highest BCUT2D eigenvalue weighted by atomic mass is 16.5. The number of rotatable bonds is 4. The molecule has 0 atom stereocenters. The van der Waals surface area contributed by atoms with Crippen LogP contribution in [-0.2, 0) is 11.3 Å². The molecular formula is C15H13NO4. The third-order valence-electron chi connectivity index (χ3n) is 2.71. The molecule has 5 heteroatoms. The molecule has 5 nitrogen and oxygen atoms in total. The number of nitrogens with two attached hydrogens (primary N) is 1. The number of nitrogen functional groups attached to an aromatic ring is 1. The van der Waals surface area contributed by atoms with Crippen LogP contribution in [0.4, 0.5) is 5.69 Å². The van der Waals surface area contributed by atoms with Crippen LogP contribution in [0.15, 0.2) is 48.5 Å². The fourth-order valence-corrected chi connectivity index (χ4v) is 1.72. The minimum absolute atomic E-state index is 0.0477. The van der Waals surface area contributed by atoms with E-state index in [0.29, 0.717) is 5.69 Å². The normalized spacial score (nSPS) is 10.0. The molecule has 2 rings (SSSR count). The zero-order chi connectivity index (χ0) is 14.5. The fraction of sp³-hybridized carbons (Fsp3) is 0.0667. The molecular weight excluding hydrogens is 258 g/mol. The predicted octanol–water partition coefficient (Wildman–Crippen LogP) is 2.32. The molecule has 0 unspecified atom stereocenters. The molecule has 0 bridgehead atoms. The zero-order valence-corrected chi connectivity index (χ0v) is 10.6. The number of hydrogen-bond donors (Lipinski definition) is 2. The Balaban J connectivity index is 2.17. The van der Waals surface area contributed by atoms with Crippen molar-refractivity contribution in [2.45, 2.75) is 6.61 Å². The molecule has 3 N–H and O–H groups in total. The lowest BCUT2D eigenvalue weighted by molar-refractivity contribution is 0.0463. The van der Waals surface area contributed by atoms with Gasteiger partial charge in [-0.3, -0.25) is 0 Å². The summed E-state index contributed by atoms with van der Waals surface area (Å²) in [7, 11) is 0. The second-order valence-electron chi connectivity index (χ2n) is 4.17. The van der Waals surface area contributed by atoms with Crippen LogP contribution in [0.2, 0.25) is 0 Å². The Labute approximate surface area is 115 Å². The summed E-state index contributed by atoms with van der Waals surface area (Å²) in [6.45, 7) is 0.0769. The summed E-state index contributed by atoms with van der Waals surface area (Å²) in [5.41, 5.74) is 6.52. The molecule has 20 heavy (non-hydrogen) atoms. The van der Waals surface area contributed by atoms with Gasteiger partial charge in [0.15, 0.2) is 0 Å². The molecule has 0 aliphatic rings. The molecule has 0 aliphatic carbocycles. The second kappa shape index (κ2) is 5.88. The van der Waals surface area contributed by atoms with Gasteiger partial charge in [0, 0.05) is 5.69 Å². The topological polar surface area (TPSA) is 89.6 Å². The molecule has 0 heterocycles. The summed E-state index contributed by atoms with van der Waals surface area (Å²) in [5, 5.41) is 9.04. The van der Waals surface area contributed by atoms with Crippen molar-refractivity contribution in [3.8, 4) is 0 Å². The highest BCUT2D eigenvalue weighted by Gasteiger charge is 2.18. The summed E-state index contributed by atoms with van der Waals surface area (Å²) in [6.07, 6.45) is 0. The number of carbonyl (C=O) groups is 2. The largest absolute Gasteiger partial charge is 0.478 e. The number of hydrogen-bond acceptors (Lipinski definition) is 4. The maximum absolute atomic E-state index is 12.0.